The van der Waals surface area contributed by atoms with E-state index < -0.39 is 12.2 Å². The fraction of sp³-hybridized carbons (Fsp3) is 0.278. The number of tetrazole rings is 1. The lowest BCUT2D eigenvalue weighted by atomic mass is 10.0. The molecule has 0 radical (unpaired) electrons. The monoisotopic (exact) mass is 388 g/mol. The molecular weight excluding hydrogens is 368 g/mol. The van der Waals surface area contributed by atoms with Crippen LogP contribution >= 0.6 is 11.8 Å². The van der Waals surface area contributed by atoms with Gasteiger partial charge in [-0.05, 0) is 45.8 Å². The second-order valence-corrected chi connectivity index (χ2v) is 6.99. The van der Waals surface area contributed by atoms with Gasteiger partial charge in [0, 0.05) is 12.2 Å². The number of aliphatic hydroxyl groups excluding tert-OH is 3. The summed E-state index contributed by atoms with van der Waals surface area (Å²) in [6, 6.07) is 13.4. The molecule has 0 amide bonds. The summed E-state index contributed by atoms with van der Waals surface area (Å²) in [5.74, 6) is 0.460. The minimum atomic E-state index is -0.804. The van der Waals surface area contributed by atoms with Crippen molar-refractivity contribution in [2.45, 2.75) is 30.4 Å². The third-order valence-electron chi connectivity index (χ3n) is 3.98. The highest BCUT2D eigenvalue weighted by Gasteiger charge is 2.17. The summed E-state index contributed by atoms with van der Waals surface area (Å²) in [7, 11) is 0. The van der Waals surface area contributed by atoms with Gasteiger partial charge in [0.2, 0.25) is 5.16 Å². The zero-order chi connectivity index (χ0) is 19.2. The molecule has 2 aromatic carbocycles. The molecule has 0 aliphatic carbocycles. The Bertz CT molecular complexity index is 855. The normalized spacial score (nSPS) is 13.4. The van der Waals surface area contributed by atoms with Crippen LogP contribution in [0.5, 0.6) is 5.75 Å². The van der Waals surface area contributed by atoms with Crippen LogP contribution in [0, 0.1) is 0 Å². The third kappa shape index (κ3) is 5.04. The minimum Gasteiger partial charge on any atom is -0.508 e. The predicted octanol–water partition coefficient (Wildman–Crippen LogP) is 1.44. The van der Waals surface area contributed by atoms with E-state index in [1.165, 1.54) is 16.4 Å². The first-order chi connectivity index (χ1) is 13.1. The lowest BCUT2D eigenvalue weighted by Gasteiger charge is -2.16. The molecule has 0 saturated carbocycles. The summed E-state index contributed by atoms with van der Waals surface area (Å²) >= 11 is 1.27. The fourth-order valence-electron chi connectivity index (χ4n) is 2.50. The van der Waals surface area contributed by atoms with Gasteiger partial charge in [-0.3, -0.25) is 0 Å². The molecule has 142 valence electrons. The number of rotatable bonds is 8. The smallest absolute Gasteiger partial charge is 0.214 e. The molecule has 8 nitrogen and oxygen atoms in total. The van der Waals surface area contributed by atoms with Gasteiger partial charge in [-0.15, -0.1) is 5.10 Å². The highest BCUT2D eigenvalue weighted by molar-refractivity contribution is 7.99. The first-order valence-electron chi connectivity index (χ1n) is 8.33. The van der Waals surface area contributed by atoms with E-state index in [0.29, 0.717) is 22.2 Å². The first-order valence-corrected chi connectivity index (χ1v) is 9.32. The Labute approximate surface area is 160 Å². The maximum atomic E-state index is 10.3. The molecule has 4 N–H and O–H groups in total. The van der Waals surface area contributed by atoms with Crippen molar-refractivity contribution in [2.75, 3.05) is 5.75 Å². The maximum Gasteiger partial charge on any atom is 0.214 e. The van der Waals surface area contributed by atoms with E-state index in [-0.39, 0.29) is 18.8 Å². The lowest BCUT2D eigenvalue weighted by Crippen LogP contribution is -2.15. The van der Waals surface area contributed by atoms with Gasteiger partial charge in [0.25, 0.3) is 0 Å². The summed E-state index contributed by atoms with van der Waals surface area (Å²) in [5.41, 5.74) is 2.15. The minimum absolute atomic E-state index is 0.0502. The van der Waals surface area contributed by atoms with E-state index in [9.17, 15) is 15.3 Å². The number of hydrogen-bond donors (Lipinski definition) is 4. The van der Waals surface area contributed by atoms with E-state index in [4.69, 9.17) is 5.11 Å². The van der Waals surface area contributed by atoms with Crippen LogP contribution in [0.2, 0.25) is 0 Å². The van der Waals surface area contributed by atoms with E-state index in [0.717, 1.165) is 5.56 Å². The quantitative estimate of drug-likeness (QED) is 0.427. The van der Waals surface area contributed by atoms with Gasteiger partial charge in [-0.1, -0.05) is 36.0 Å². The van der Waals surface area contributed by atoms with Crippen LogP contribution in [-0.2, 0) is 6.61 Å². The van der Waals surface area contributed by atoms with Crippen LogP contribution in [0.15, 0.2) is 53.7 Å². The fourth-order valence-corrected chi connectivity index (χ4v) is 3.34. The van der Waals surface area contributed by atoms with E-state index in [1.54, 1.807) is 48.5 Å². The standard InChI is InChI=1S/C18H20N4O4S/c23-10-12-1-3-13(4-2-12)17(26)9-16(25)11-27-18-19-20-21-22(18)14-5-7-15(24)8-6-14/h1-8,16-17,23-26H,9-11H2/t16-,17+/m0/s1. The van der Waals surface area contributed by atoms with Gasteiger partial charge >= 0.3 is 0 Å². The number of phenolic OH excluding ortho intramolecular Hbond substituents is 1. The number of thioether (sulfide) groups is 1. The summed E-state index contributed by atoms with van der Waals surface area (Å²) in [4.78, 5) is 0. The van der Waals surface area contributed by atoms with Crippen LogP contribution < -0.4 is 0 Å². The average Bonchev–Trinajstić information content (AvgIpc) is 3.15. The molecule has 0 aliphatic heterocycles. The molecule has 0 fully saturated rings. The Hall–Kier alpha value is -2.46. The Balaban J connectivity index is 1.57. The molecule has 0 aliphatic rings. The highest BCUT2D eigenvalue weighted by Crippen LogP contribution is 2.24. The van der Waals surface area contributed by atoms with Crippen molar-refractivity contribution < 1.29 is 20.4 Å². The van der Waals surface area contributed by atoms with Crippen molar-refractivity contribution in [3.63, 3.8) is 0 Å². The lowest BCUT2D eigenvalue weighted by molar-refractivity contribution is 0.0930. The Morgan fingerprint density at radius 3 is 2.37 bits per heavy atom. The number of benzene rings is 2. The van der Waals surface area contributed by atoms with Crippen molar-refractivity contribution in [3.05, 3.63) is 59.7 Å². The van der Waals surface area contributed by atoms with Crippen molar-refractivity contribution in [1.29, 1.82) is 0 Å². The molecule has 3 aromatic rings. The molecule has 0 spiro atoms. The van der Waals surface area contributed by atoms with Crippen molar-refractivity contribution in [2.24, 2.45) is 0 Å². The Morgan fingerprint density at radius 2 is 1.70 bits per heavy atom. The van der Waals surface area contributed by atoms with Gasteiger partial charge in [-0.2, -0.15) is 4.68 Å². The molecule has 1 heterocycles. The summed E-state index contributed by atoms with van der Waals surface area (Å²) in [6.45, 7) is -0.0502. The molecule has 3 rings (SSSR count). The first kappa shape index (κ1) is 19.3. The van der Waals surface area contributed by atoms with Crippen LogP contribution in [-0.4, -0.2) is 52.5 Å². The Kier molecular flexibility index (Phi) is 6.40. The van der Waals surface area contributed by atoms with Crippen LogP contribution in [0.1, 0.15) is 23.7 Å². The maximum absolute atomic E-state index is 10.3. The number of aromatic nitrogens is 4. The number of nitrogens with zero attached hydrogens (tertiary/aromatic N) is 4. The number of aliphatic hydroxyl groups is 3. The third-order valence-corrected chi connectivity index (χ3v) is 5.05. The zero-order valence-corrected chi connectivity index (χ0v) is 15.2. The van der Waals surface area contributed by atoms with Crippen molar-refractivity contribution in [3.8, 4) is 11.4 Å². The van der Waals surface area contributed by atoms with Crippen LogP contribution in [0.3, 0.4) is 0 Å². The average molecular weight is 388 g/mol. The Morgan fingerprint density at radius 1 is 1.00 bits per heavy atom. The van der Waals surface area contributed by atoms with E-state index in [1.807, 2.05) is 0 Å². The van der Waals surface area contributed by atoms with Crippen LogP contribution in [0.4, 0.5) is 0 Å². The summed E-state index contributed by atoms with van der Waals surface area (Å²) < 4.78 is 1.51. The van der Waals surface area contributed by atoms with E-state index in [2.05, 4.69) is 15.5 Å². The second kappa shape index (κ2) is 8.96. The number of hydrogen-bond acceptors (Lipinski definition) is 8. The van der Waals surface area contributed by atoms with Gasteiger partial charge < -0.3 is 20.4 Å². The number of aromatic hydroxyl groups is 1. The summed E-state index contributed by atoms with van der Waals surface area (Å²) in [5, 5.41) is 51.0. The topological polar surface area (TPSA) is 125 Å². The van der Waals surface area contributed by atoms with Gasteiger partial charge in [0.15, 0.2) is 0 Å². The molecule has 2 atom stereocenters. The number of phenols is 1. The van der Waals surface area contributed by atoms with E-state index >= 15 is 0 Å². The highest BCUT2D eigenvalue weighted by atomic mass is 32.2. The van der Waals surface area contributed by atoms with Gasteiger partial charge in [-0.25, -0.2) is 0 Å². The van der Waals surface area contributed by atoms with Gasteiger partial charge in [0.1, 0.15) is 5.75 Å². The van der Waals surface area contributed by atoms with Crippen molar-refractivity contribution >= 4 is 11.8 Å². The van der Waals surface area contributed by atoms with Gasteiger partial charge in [0.05, 0.1) is 24.5 Å². The second-order valence-electron chi connectivity index (χ2n) is 6.01. The SMILES string of the molecule is OCc1ccc([C@H](O)C[C@H](O)CSc2nnnn2-c2ccc(O)cc2)cc1. The molecular formula is C18H20N4O4S. The molecule has 0 saturated heterocycles. The van der Waals surface area contributed by atoms with Crippen LogP contribution in [0.25, 0.3) is 5.69 Å². The summed E-state index contributed by atoms with van der Waals surface area (Å²) in [6.07, 6.45) is -1.39. The largest absolute Gasteiger partial charge is 0.508 e. The predicted molar refractivity (Wildman–Crippen MR) is 99.5 cm³/mol. The molecule has 0 bridgehead atoms. The molecule has 9 heteroatoms. The molecule has 1 aromatic heterocycles. The molecule has 27 heavy (non-hydrogen) atoms. The van der Waals surface area contributed by atoms with Crippen molar-refractivity contribution in [1.82, 2.24) is 20.2 Å². The zero-order valence-electron chi connectivity index (χ0n) is 14.4. The molecule has 0 unspecified atom stereocenters.